The Hall–Kier alpha value is -0.450. The Morgan fingerprint density at radius 1 is 1.50 bits per heavy atom. The first-order valence-corrected chi connectivity index (χ1v) is 5.10. The number of nitrogens with zero attached hydrogens (tertiary/aromatic N) is 1. The van der Waals surface area contributed by atoms with Crippen molar-refractivity contribution in [3.8, 4) is 0 Å². The van der Waals surface area contributed by atoms with Crippen LogP contribution in [0.1, 0.15) is 5.56 Å². The predicted molar refractivity (Wildman–Crippen MR) is 47.1 cm³/mol. The molecule has 5 heteroatoms. The molecule has 0 saturated carbocycles. The first kappa shape index (κ1) is 11.6. The third-order valence-corrected chi connectivity index (χ3v) is 1.15. The molecule has 0 bridgehead atoms. The standard InChI is InChI=1S/C7H10N.ClHO2S/c1-7-3-5-8(2)6-4-7;1-4(2)3/h3-6H,1-2H3;(H,2,3)/q+1;/p-1. The maximum atomic E-state index is 8.77. The highest BCUT2D eigenvalue weighted by molar-refractivity contribution is 8.03. The molecule has 1 rings (SSSR count). The molecule has 0 aromatic carbocycles. The molecule has 1 heterocycles. The Morgan fingerprint density at radius 2 is 1.83 bits per heavy atom. The van der Waals surface area contributed by atoms with Crippen molar-refractivity contribution in [2.75, 3.05) is 0 Å². The van der Waals surface area contributed by atoms with E-state index >= 15 is 0 Å². The van der Waals surface area contributed by atoms with Crippen LogP contribution in [0.5, 0.6) is 0 Å². The minimum atomic E-state index is -2.39. The summed E-state index contributed by atoms with van der Waals surface area (Å²) < 4.78 is 19.6. The van der Waals surface area contributed by atoms with Crippen molar-refractivity contribution in [2.24, 2.45) is 7.05 Å². The van der Waals surface area contributed by atoms with Gasteiger partial charge in [0.25, 0.3) is 0 Å². The topological polar surface area (TPSA) is 44.0 Å². The normalized spacial score (nSPS) is 11.3. The van der Waals surface area contributed by atoms with Gasteiger partial charge in [0.2, 0.25) is 0 Å². The number of rotatable bonds is 0. The zero-order valence-corrected chi connectivity index (χ0v) is 8.43. The Balaban J connectivity index is 0.000000261. The Bertz CT molecular complexity index is 225. The van der Waals surface area contributed by atoms with Gasteiger partial charge in [-0.2, -0.15) is 0 Å². The van der Waals surface area contributed by atoms with Crippen molar-refractivity contribution < 1.29 is 13.3 Å². The molecule has 0 radical (unpaired) electrons. The summed E-state index contributed by atoms with van der Waals surface area (Å²) in [5.41, 5.74) is 1.31. The summed E-state index contributed by atoms with van der Waals surface area (Å²) in [4.78, 5) is 0. The molecule has 0 aliphatic carbocycles. The lowest BCUT2D eigenvalue weighted by molar-refractivity contribution is -0.671. The van der Waals surface area contributed by atoms with Crippen molar-refractivity contribution in [1.29, 1.82) is 0 Å². The molecule has 1 atom stereocenters. The van der Waals surface area contributed by atoms with E-state index in [4.69, 9.17) is 8.76 Å². The minimum Gasteiger partial charge on any atom is -0.760 e. The number of aryl methyl sites for hydroxylation is 2. The zero-order valence-electron chi connectivity index (χ0n) is 6.86. The van der Waals surface area contributed by atoms with Crippen LogP contribution in [0.3, 0.4) is 0 Å². The molecule has 68 valence electrons. The quantitative estimate of drug-likeness (QED) is 0.360. The van der Waals surface area contributed by atoms with Gasteiger partial charge in [-0.15, -0.1) is 0 Å². The fraction of sp³-hybridized carbons (Fsp3) is 0.286. The monoisotopic (exact) mass is 207 g/mol. The Kier molecular flexibility index (Phi) is 5.88. The second kappa shape index (κ2) is 6.11. The smallest absolute Gasteiger partial charge is 0.168 e. The molecular formula is C7H10ClNO2S. The van der Waals surface area contributed by atoms with E-state index in [-0.39, 0.29) is 0 Å². The average molecular weight is 208 g/mol. The largest absolute Gasteiger partial charge is 0.760 e. The van der Waals surface area contributed by atoms with E-state index in [1.807, 2.05) is 24.0 Å². The van der Waals surface area contributed by atoms with E-state index in [0.29, 0.717) is 0 Å². The number of hydrogen-bond acceptors (Lipinski definition) is 2. The first-order valence-electron chi connectivity index (χ1n) is 3.20. The maximum Gasteiger partial charge on any atom is 0.168 e. The van der Waals surface area contributed by atoms with Crippen molar-refractivity contribution in [2.45, 2.75) is 6.92 Å². The van der Waals surface area contributed by atoms with Crippen LogP contribution in [0.2, 0.25) is 0 Å². The van der Waals surface area contributed by atoms with Gasteiger partial charge in [-0.25, -0.2) is 4.57 Å². The number of halogens is 1. The van der Waals surface area contributed by atoms with Crippen LogP contribution in [0.25, 0.3) is 0 Å². The van der Waals surface area contributed by atoms with E-state index in [2.05, 4.69) is 29.7 Å². The molecule has 0 amide bonds. The van der Waals surface area contributed by atoms with Crippen LogP contribution in [-0.4, -0.2) is 8.76 Å². The Morgan fingerprint density at radius 3 is 2.08 bits per heavy atom. The third-order valence-electron chi connectivity index (χ3n) is 1.15. The molecule has 1 aromatic heterocycles. The van der Waals surface area contributed by atoms with Crippen LogP contribution in [-0.2, 0) is 17.3 Å². The molecule has 1 unspecified atom stereocenters. The van der Waals surface area contributed by atoms with Gasteiger partial charge in [-0.05, 0) is 23.2 Å². The molecule has 12 heavy (non-hydrogen) atoms. The van der Waals surface area contributed by atoms with E-state index in [1.165, 1.54) is 5.56 Å². The molecule has 1 aromatic rings. The van der Waals surface area contributed by atoms with E-state index < -0.39 is 10.3 Å². The Labute approximate surface area is 78.8 Å². The van der Waals surface area contributed by atoms with Gasteiger partial charge in [0, 0.05) is 22.4 Å². The molecule has 0 fully saturated rings. The second-order valence-electron chi connectivity index (χ2n) is 2.23. The molecule has 3 nitrogen and oxygen atoms in total. The molecule has 0 aliphatic rings. The van der Waals surface area contributed by atoms with Gasteiger partial charge >= 0.3 is 0 Å². The molecule has 0 spiro atoms. The van der Waals surface area contributed by atoms with Gasteiger partial charge in [-0.3, -0.25) is 4.21 Å². The average Bonchev–Trinajstić information content (AvgIpc) is 1.94. The number of pyridine rings is 1. The summed E-state index contributed by atoms with van der Waals surface area (Å²) in [7, 11) is 3.82. The van der Waals surface area contributed by atoms with Crippen LogP contribution in [0, 0.1) is 6.92 Å². The molecule has 0 N–H and O–H groups in total. The summed E-state index contributed by atoms with van der Waals surface area (Å²) >= 11 is 0. The van der Waals surface area contributed by atoms with Crippen LogP contribution >= 0.6 is 10.7 Å². The molecule has 0 aliphatic heterocycles. The summed E-state index contributed by atoms with van der Waals surface area (Å²) in [5.74, 6) is 0. The molecule has 0 saturated heterocycles. The second-order valence-corrected chi connectivity index (χ2v) is 3.38. The van der Waals surface area contributed by atoms with E-state index in [1.54, 1.807) is 0 Å². The summed E-state index contributed by atoms with van der Waals surface area (Å²) in [5, 5.41) is 0. The van der Waals surface area contributed by atoms with Crippen molar-refractivity contribution >= 4 is 21.0 Å². The van der Waals surface area contributed by atoms with Crippen LogP contribution in [0.4, 0.5) is 0 Å². The van der Waals surface area contributed by atoms with Crippen molar-refractivity contribution in [1.82, 2.24) is 0 Å². The number of aromatic nitrogens is 1. The predicted octanol–water partition coefficient (Wildman–Crippen LogP) is 0.839. The van der Waals surface area contributed by atoms with Gasteiger partial charge in [0.1, 0.15) is 7.05 Å². The van der Waals surface area contributed by atoms with E-state index in [9.17, 15) is 0 Å². The lowest BCUT2D eigenvalue weighted by Crippen LogP contribution is -2.25. The summed E-state index contributed by atoms with van der Waals surface area (Å²) in [6, 6.07) is 4.17. The lowest BCUT2D eigenvalue weighted by Gasteiger charge is -1.85. The van der Waals surface area contributed by atoms with Gasteiger partial charge in [0.05, 0.1) is 0 Å². The summed E-state index contributed by atoms with van der Waals surface area (Å²) in [6.07, 6.45) is 4.07. The zero-order chi connectivity index (χ0) is 9.56. The number of hydrogen-bond donors (Lipinski definition) is 0. The van der Waals surface area contributed by atoms with Crippen LogP contribution < -0.4 is 4.57 Å². The third kappa shape index (κ3) is 7.65. The SMILES string of the molecule is Cc1cc[n+](C)cc1.O=S([O-])Cl. The van der Waals surface area contributed by atoms with Crippen molar-refractivity contribution in [3.05, 3.63) is 30.1 Å². The summed E-state index contributed by atoms with van der Waals surface area (Å²) in [6.45, 7) is 2.08. The first-order chi connectivity index (χ1) is 5.52. The van der Waals surface area contributed by atoms with E-state index in [0.717, 1.165) is 0 Å². The highest BCUT2D eigenvalue weighted by Gasteiger charge is 1.85. The fourth-order valence-corrected chi connectivity index (χ4v) is 0.576. The molecular weight excluding hydrogens is 198 g/mol. The van der Waals surface area contributed by atoms with Gasteiger partial charge < -0.3 is 4.55 Å². The van der Waals surface area contributed by atoms with Gasteiger partial charge in [0.15, 0.2) is 12.4 Å². The van der Waals surface area contributed by atoms with Crippen molar-refractivity contribution in [3.63, 3.8) is 0 Å². The minimum absolute atomic E-state index is 1.31. The maximum absolute atomic E-state index is 8.77. The van der Waals surface area contributed by atoms with Crippen LogP contribution in [0.15, 0.2) is 24.5 Å². The van der Waals surface area contributed by atoms with Gasteiger partial charge in [-0.1, -0.05) is 0 Å². The highest BCUT2D eigenvalue weighted by Crippen LogP contribution is 1.87. The highest BCUT2D eigenvalue weighted by atomic mass is 35.7. The lowest BCUT2D eigenvalue weighted by atomic mass is 10.3. The fourth-order valence-electron chi connectivity index (χ4n) is 0.576.